The molecule has 0 saturated heterocycles. The molecule has 198 valence electrons. The van der Waals surface area contributed by atoms with Gasteiger partial charge in [-0.3, -0.25) is 9.48 Å². The number of benzene rings is 3. The molecule has 0 unspecified atom stereocenters. The molecule has 8 heteroatoms. The minimum atomic E-state index is -0.432. The van der Waals surface area contributed by atoms with Crippen LogP contribution in [-0.2, 0) is 18.6 Å². The Morgan fingerprint density at radius 2 is 1.74 bits per heavy atom. The van der Waals surface area contributed by atoms with Crippen molar-refractivity contribution in [2.24, 2.45) is 0 Å². The predicted octanol–water partition coefficient (Wildman–Crippen LogP) is 7.47. The third kappa shape index (κ3) is 6.21. The Labute approximate surface area is 231 Å². The van der Waals surface area contributed by atoms with E-state index in [1.165, 1.54) is 23.3 Å². The van der Waals surface area contributed by atoms with Crippen LogP contribution >= 0.6 is 11.6 Å². The van der Waals surface area contributed by atoms with E-state index >= 15 is 0 Å². The van der Waals surface area contributed by atoms with E-state index in [0.717, 1.165) is 0 Å². The fourth-order valence-electron chi connectivity index (χ4n) is 4.24. The summed E-state index contributed by atoms with van der Waals surface area (Å²) in [6, 6.07) is 27.5. The standard InChI is InChI=1S/C31H27ClFN3O3/c1-31(2,22-6-4-3-5-7-22)23-9-12-25(13-10-23)38-20-26-14-15-28(39-26)30(37)34-29-16-17-36(35-29)19-21-8-11-24(33)18-27(21)32/h3-18H,19-20H2,1-2H3,(H,34,35,37). The van der Waals surface area contributed by atoms with Gasteiger partial charge in [-0.15, -0.1) is 0 Å². The smallest absolute Gasteiger partial charge is 0.292 e. The van der Waals surface area contributed by atoms with Crippen molar-refractivity contribution >= 4 is 23.3 Å². The number of nitrogens with one attached hydrogen (secondary N) is 1. The van der Waals surface area contributed by atoms with Crippen LogP contribution in [0, 0.1) is 5.82 Å². The normalized spacial score (nSPS) is 11.4. The second-order valence-corrected chi connectivity index (χ2v) is 10.1. The Morgan fingerprint density at radius 1 is 1.00 bits per heavy atom. The highest BCUT2D eigenvalue weighted by atomic mass is 35.5. The summed E-state index contributed by atoms with van der Waals surface area (Å²) in [6.07, 6.45) is 1.70. The lowest BCUT2D eigenvalue weighted by Crippen LogP contribution is -2.18. The SMILES string of the molecule is CC(C)(c1ccccc1)c1ccc(OCc2ccc(C(=O)Nc3ccn(Cc4ccc(F)cc4Cl)n3)o2)cc1. The molecule has 5 rings (SSSR count). The molecule has 0 saturated carbocycles. The van der Waals surface area contributed by atoms with E-state index in [-0.39, 0.29) is 17.8 Å². The minimum Gasteiger partial charge on any atom is -0.486 e. The third-order valence-corrected chi connectivity index (χ3v) is 6.92. The van der Waals surface area contributed by atoms with Gasteiger partial charge in [0.2, 0.25) is 0 Å². The van der Waals surface area contributed by atoms with E-state index in [0.29, 0.717) is 34.5 Å². The largest absolute Gasteiger partial charge is 0.486 e. The van der Waals surface area contributed by atoms with E-state index in [1.807, 2.05) is 30.3 Å². The molecule has 6 nitrogen and oxygen atoms in total. The van der Waals surface area contributed by atoms with E-state index in [9.17, 15) is 9.18 Å². The molecule has 2 aromatic heterocycles. The number of carbonyl (C=O) groups is 1. The first kappa shape index (κ1) is 26.3. The fraction of sp³-hybridized carbons (Fsp3) is 0.161. The van der Waals surface area contributed by atoms with Crippen molar-refractivity contribution in [3.63, 3.8) is 0 Å². The molecule has 5 aromatic rings. The van der Waals surface area contributed by atoms with Crippen LogP contribution in [-0.4, -0.2) is 15.7 Å². The number of rotatable bonds is 9. The number of carbonyl (C=O) groups excluding carboxylic acids is 1. The number of hydrogen-bond acceptors (Lipinski definition) is 4. The first-order chi connectivity index (χ1) is 18.8. The van der Waals surface area contributed by atoms with Crippen molar-refractivity contribution in [1.29, 1.82) is 0 Å². The summed E-state index contributed by atoms with van der Waals surface area (Å²) in [7, 11) is 0. The molecular weight excluding hydrogens is 517 g/mol. The summed E-state index contributed by atoms with van der Waals surface area (Å²) in [5.74, 6) is 0.887. The van der Waals surface area contributed by atoms with Gasteiger partial charge >= 0.3 is 0 Å². The van der Waals surface area contributed by atoms with Crippen LogP contribution in [0.3, 0.4) is 0 Å². The summed E-state index contributed by atoms with van der Waals surface area (Å²) in [4.78, 5) is 12.7. The van der Waals surface area contributed by atoms with E-state index in [1.54, 1.807) is 35.1 Å². The van der Waals surface area contributed by atoms with Crippen LogP contribution in [0.15, 0.2) is 102 Å². The molecule has 0 bridgehead atoms. The van der Waals surface area contributed by atoms with Crippen LogP contribution in [0.4, 0.5) is 10.2 Å². The second kappa shape index (κ2) is 11.2. The molecule has 0 aliphatic heterocycles. The van der Waals surface area contributed by atoms with Gasteiger partial charge in [0.15, 0.2) is 11.6 Å². The molecule has 0 fully saturated rings. The van der Waals surface area contributed by atoms with Gasteiger partial charge in [0.25, 0.3) is 5.91 Å². The molecule has 0 spiro atoms. The van der Waals surface area contributed by atoms with Crippen LogP contribution in [0.2, 0.25) is 5.02 Å². The Hall–Kier alpha value is -4.36. The van der Waals surface area contributed by atoms with Crippen molar-refractivity contribution in [3.05, 3.63) is 136 Å². The molecular formula is C31H27ClFN3O3. The van der Waals surface area contributed by atoms with E-state index < -0.39 is 11.7 Å². The third-order valence-electron chi connectivity index (χ3n) is 6.57. The molecule has 1 N–H and O–H groups in total. The number of hydrogen-bond donors (Lipinski definition) is 1. The van der Waals surface area contributed by atoms with E-state index in [4.69, 9.17) is 20.8 Å². The number of amides is 1. The Bertz CT molecular complexity index is 1580. The number of nitrogens with zero attached hydrogens (tertiary/aromatic N) is 2. The van der Waals surface area contributed by atoms with Gasteiger partial charge in [-0.2, -0.15) is 5.10 Å². The molecule has 0 aliphatic rings. The Morgan fingerprint density at radius 3 is 2.49 bits per heavy atom. The number of aromatic nitrogens is 2. The maximum absolute atomic E-state index is 13.3. The number of ether oxygens (including phenoxy) is 1. The van der Waals surface area contributed by atoms with Crippen molar-refractivity contribution in [2.75, 3.05) is 5.32 Å². The maximum Gasteiger partial charge on any atom is 0.292 e. The van der Waals surface area contributed by atoms with Gasteiger partial charge in [0, 0.05) is 22.7 Å². The molecule has 2 heterocycles. The van der Waals surface area contributed by atoms with Gasteiger partial charge in [0.1, 0.15) is 23.9 Å². The maximum atomic E-state index is 13.3. The van der Waals surface area contributed by atoms with Gasteiger partial charge in [-0.1, -0.05) is 74.0 Å². The van der Waals surface area contributed by atoms with E-state index in [2.05, 4.69) is 48.5 Å². The summed E-state index contributed by atoms with van der Waals surface area (Å²) >= 11 is 6.09. The van der Waals surface area contributed by atoms with Crippen molar-refractivity contribution < 1.29 is 18.3 Å². The van der Waals surface area contributed by atoms with Gasteiger partial charge in [-0.25, -0.2) is 4.39 Å². The summed E-state index contributed by atoms with van der Waals surface area (Å²) in [5.41, 5.74) is 3.00. The topological polar surface area (TPSA) is 69.3 Å². The first-order valence-electron chi connectivity index (χ1n) is 12.4. The molecule has 39 heavy (non-hydrogen) atoms. The quantitative estimate of drug-likeness (QED) is 0.209. The lowest BCUT2D eigenvalue weighted by atomic mass is 9.78. The first-order valence-corrected chi connectivity index (χ1v) is 12.8. The van der Waals surface area contributed by atoms with Gasteiger partial charge in [-0.05, 0) is 53.1 Å². The monoisotopic (exact) mass is 543 g/mol. The zero-order valence-electron chi connectivity index (χ0n) is 21.5. The zero-order chi connectivity index (χ0) is 27.4. The predicted molar refractivity (Wildman–Crippen MR) is 149 cm³/mol. The van der Waals surface area contributed by atoms with Crippen LogP contribution < -0.4 is 10.1 Å². The Kier molecular flexibility index (Phi) is 7.52. The summed E-state index contributed by atoms with van der Waals surface area (Å²) in [6.45, 7) is 4.90. The van der Waals surface area contributed by atoms with Crippen LogP contribution in [0.1, 0.15) is 46.9 Å². The van der Waals surface area contributed by atoms with Crippen molar-refractivity contribution in [3.8, 4) is 5.75 Å². The minimum absolute atomic E-state index is 0.132. The second-order valence-electron chi connectivity index (χ2n) is 9.66. The summed E-state index contributed by atoms with van der Waals surface area (Å²) in [5, 5.41) is 7.35. The highest BCUT2D eigenvalue weighted by Gasteiger charge is 2.22. The number of halogens is 2. The van der Waals surface area contributed by atoms with Crippen LogP contribution in [0.25, 0.3) is 0 Å². The molecule has 0 radical (unpaired) electrons. The molecule has 3 aromatic carbocycles. The lowest BCUT2D eigenvalue weighted by Gasteiger charge is -2.26. The van der Waals surface area contributed by atoms with Crippen LogP contribution in [0.5, 0.6) is 5.75 Å². The lowest BCUT2D eigenvalue weighted by molar-refractivity contribution is 0.0992. The number of anilines is 1. The van der Waals surface area contributed by atoms with Crippen molar-refractivity contribution in [1.82, 2.24) is 9.78 Å². The average Bonchev–Trinajstić information content (AvgIpc) is 3.59. The zero-order valence-corrected chi connectivity index (χ0v) is 22.3. The molecule has 0 aliphatic carbocycles. The number of furan rings is 1. The summed E-state index contributed by atoms with van der Waals surface area (Å²) < 4.78 is 26.4. The average molecular weight is 544 g/mol. The fourth-order valence-corrected chi connectivity index (χ4v) is 4.47. The molecule has 0 atom stereocenters. The molecule has 1 amide bonds. The Balaban J connectivity index is 1.15. The highest BCUT2D eigenvalue weighted by Crippen LogP contribution is 2.32. The van der Waals surface area contributed by atoms with Gasteiger partial charge < -0.3 is 14.5 Å². The van der Waals surface area contributed by atoms with Crippen molar-refractivity contribution in [2.45, 2.75) is 32.4 Å². The highest BCUT2D eigenvalue weighted by molar-refractivity contribution is 6.31. The van der Waals surface area contributed by atoms with Gasteiger partial charge in [0.05, 0.1) is 6.54 Å².